The predicted molar refractivity (Wildman–Crippen MR) is 122 cm³/mol. The number of carboxylic acids is 1. The number of aromatic nitrogens is 1. The molecule has 1 aromatic rings. The molecule has 2 unspecified atom stereocenters. The highest BCUT2D eigenvalue weighted by Gasteiger charge is 2.54. The summed E-state index contributed by atoms with van der Waals surface area (Å²) in [5.74, 6) is -1.19. The van der Waals surface area contributed by atoms with E-state index in [2.05, 4.69) is 10.3 Å². The van der Waals surface area contributed by atoms with Crippen LogP contribution in [0, 0.1) is 5.92 Å². The van der Waals surface area contributed by atoms with Gasteiger partial charge in [0.2, 0.25) is 11.8 Å². The van der Waals surface area contributed by atoms with Crippen molar-refractivity contribution in [2.24, 2.45) is 5.92 Å². The van der Waals surface area contributed by atoms with Crippen molar-refractivity contribution in [2.45, 2.75) is 37.1 Å². The second-order valence-electron chi connectivity index (χ2n) is 8.60. The highest BCUT2D eigenvalue weighted by molar-refractivity contribution is 8.00. The number of thioether (sulfide) groups is 1. The number of thiazole rings is 1. The lowest BCUT2D eigenvalue weighted by Gasteiger charge is -2.49. The third-order valence-corrected chi connectivity index (χ3v) is 8.19. The lowest BCUT2D eigenvalue weighted by atomic mass is 10.0. The summed E-state index contributed by atoms with van der Waals surface area (Å²) in [5.41, 5.74) is 7.03. The van der Waals surface area contributed by atoms with Crippen LogP contribution in [0.5, 0.6) is 0 Å². The number of anilines is 1. The molecule has 0 bridgehead atoms. The Morgan fingerprint density at radius 3 is 2.79 bits per heavy atom. The summed E-state index contributed by atoms with van der Waals surface area (Å²) < 4.78 is 0. The van der Waals surface area contributed by atoms with Gasteiger partial charge in [-0.15, -0.1) is 23.1 Å². The molecule has 5 rings (SSSR count). The number of carbonyl (C=O) groups is 4. The van der Waals surface area contributed by atoms with Gasteiger partial charge in [-0.05, 0) is 36.8 Å². The largest absolute Gasteiger partial charge is 0.477 e. The van der Waals surface area contributed by atoms with Crippen LogP contribution in [0.4, 0.5) is 5.13 Å². The van der Waals surface area contributed by atoms with Crippen molar-refractivity contribution in [1.82, 2.24) is 20.1 Å². The molecule has 1 saturated carbocycles. The molecule has 3 aliphatic heterocycles. The smallest absolute Gasteiger partial charge is 0.352 e. The number of nitrogens with two attached hydrogens (primary N) is 1. The number of nitrogens with zero attached hydrogens (tertiary/aromatic N) is 3. The molecule has 4 N–H and O–H groups in total. The van der Waals surface area contributed by atoms with E-state index >= 15 is 0 Å². The molecule has 3 fully saturated rings. The third kappa shape index (κ3) is 4.24. The van der Waals surface area contributed by atoms with Gasteiger partial charge in [0.1, 0.15) is 17.1 Å². The maximum Gasteiger partial charge on any atom is 0.352 e. The molecular weight excluding hydrogens is 466 g/mol. The summed E-state index contributed by atoms with van der Waals surface area (Å²) in [6, 6.07) is -0.802. The molecule has 0 radical (unpaired) electrons. The SMILES string of the molecule is Nc1nc(CC(=O)NC2C(=O)N3C(C(=O)O)=C(/C=C4\CCN(CC5CC5)C4=O)CSC23)cs1. The molecule has 3 amide bonds. The number of rotatable bonds is 7. The molecule has 0 spiro atoms. The van der Waals surface area contributed by atoms with Gasteiger partial charge in [-0.3, -0.25) is 19.3 Å². The molecule has 2 saturated heterocycles. The van der Waals surface area contributed by atoms with Crippen molar-refractivity contribution < 1.29 is 24.3 Å². The van der Waals surface area contributed by atoms with Crippen LogP contribution in [0.1, 0.15) is 25.0 Å². The van der Waals surface area contributed by atoms with Gasteiger partial charge in [-0.2, -0.15) is 0 Å². The van der Waals surface area contributed by atoms with E-state index in [4.69, 9.17) is 5.73 Å². The molecule has 33 heavy (non-hydrogen) atoms. The normalized spacial score (nSPS) is 26.0. The molecule has 0 aromatic carbocycles. The summed E-state index contributed by atoms with van der Waals surface area (Å²) >= 11 is 2.61. The Balaban J connectivity index is 1.29. The number of likely N-dealkylation sites (tertiary alicyclic amines) is 1. The summed E-state index contributed by atoms with van der Waals surface area (Å²) in [4.78, 5) is 57.0. The highest BCUT2D eigenvalue weighted by Crippen LogP contribution is 2.41. The first-order chi connectivity index (χ1) is 15.8. The maximum absolute atomic E-state index is 12.8. The lowest BCUT2D eigenvalue weighted by molar-refractivity contribution is -0.150. The van der Waals surface area contributed by atoms with E-state index in [1.165, 1.54) is 28.0 Å². The maximum atomic E-state index is 12.8. The molecule has 2 atom stereocenters. The first kappa shape index (κ1) is 22.0. The van der Waals surface area contributed by atoms with E-state index in [1.54, 1.807) is 11.5 Å². The minimum Gasteiger partial charge on any atom is -0.477 e. The predicted octanol–water partition coefficient (Wildman–Crippen LogP) is 0.575. The van der Waals surface area contributed by atoms with E-state index < -0.39 is 23.3 Å². The monoisotopic (exact) mass is 489 g/mol. The Hall–Kier alpha value is -2.86. The van der Waals surface area contributed by atoms with Gasteiger partial charge in [-0.25, -0.2) is 9.78 Å². The number of nitrogen functional groups attached to an aromatic ring is 1. The lowest BCUT2D eigenvalue weighted by Crippen LogP contribution is -2.70. The van der Waals surface area contributed by atoms with Crippen LogP contribution >= 0.6 is 23.1 Å². The number of hydrogen-bond acceptors (Lipinski definition) is 8. The molecule has 12 heteroatoms. The summed E-state index contributed by atoms with van der Waals surface area (Å²) in [7, 11) is 0. The minimum absolute atomic E-state index is 0.00664. The summed E-state index contributed by atoms with van der Waals surface area (Å²) in [6.07, 6.45) is 4.52. The number of carboxylic acid groups (broad SMARTS) is 1. The van der Waals surface area contributed by atoms with Crippen LogP contribution in [-0.2, 0) is 25.6 Å². The first-order valence-electron chi connectivity index (χ1n) is 10.7. The van der Waals surface area contributed by atoms with Crippen LogP contribution in [0.15, 0.2) is 28.3 Å². The quantitative estimate of drug-likeness (QED) is 0.372. The van der Waals surface area contributed by atoms with Gasteiger partial charge in [-0.1, -0.05) is 0 Å². The average molecular weight is 490 g/mol. The number of β-lactam (4-membered cyclic amide) rings is 1. The highest BCUT2D eigenvalue weighted by atomic mass is 32.2. The number of nitrogens with one attached hydrogen (secondary N) is 1. The number of allylic oxidation sites excluding steroid dienone is 1. The van der Waals surface area contributed by atoms with E-state index in [0.717, 1.165) is 19.4 Å². The Morgan fingerprint density at radius 2 is 2.12 bits per heavy atom. The Kier molecular flexibility index (Phi) is 5.65. The Labute approximate surface area is 197 Å². The van der Waals surface area contributed by atoms with Crippen LogP contribution < -0.4 is 11.1 Å². The Morgan fingerprint density at radius 1 is 1.33 bits per heavy atom. The van der Waals surface area contributed by atoms with Crippen molar-refractivity contribution in [3.63, 3.8) is 0 Å². The van der Waals surface area contributed by atoms with Gasteiger partial charge in [0.15, 0.2) is 5.13 Å². The first-order valence-corrected chi connectivity index (χ1v) is 12.6. The zero-order chi connectivity index (χ0) is 23.3. The molecule has 174 valence electrons. The van der Waals surface area contributed by atoms with Crippen molar-refractivity contribution in [1.29, 1.82) is 0 Å². The van der Waals surface area contributed by atoms with Gasteiger partial charge < -0.3 is 21.1 Å². The molecule has 10 nitrogen and oxygen atoms in total. The van der Waals surface area contributed by atoms with Gasteiger partial charge in [0, 0.05) is 29.8 Å². The minimum atomic E-state index is -1.22. The van der Waals surface area contributed by atoms with Crippen LogP contribution in [-0.4, -0.2) is 73.8 Å². The van der Waals surface area contributed by atoms with E-state index in [9.17, 15) is 24.3 Å². The van der Waals surface area contributed by atoms with E-state index in [1.807, 2.05) is 4.90 Å². The Bertz CT molecular complexity index is 1110. The van der Waals surface area contributed by atoms with E-state index in [-0.39, 0.29) is 23.9 Å². The number of carbonyl (C=O) groups excluding carboxylic acids is 3. The number of fused-ring (bicyclic) bond motifs is 1. The average Bonchev–Trinajstić information content (AvgIpc) is 3.42. The zero-order valence-electron chi connectivity index (χ0n) is 17.7. The molecule has 4 aliphatic rings. The van der Waals surface area contributed by atoms with Crippen molar-refractivity contribution in [3.8, 4) is 0 Å². The fourth-order valence-electron chi connectivity index (χ4n) is 4.34. The standard InChI is InChI=1S/C21H23N5O5S2/c22-21-23-13(9-33-21)6-14(27)24-15-18(29)26-16(20(30)31)12(8-32-19(15)26)5-11-3-4-25(17(11)28)7-10-1-2-10/h5,9-10,15,19H,1-4,6-8H2,(H2,22,23)(H,24,27)(H,30,31)/b11-5+. The zero-order valence-corrected chi connectivity index (χ0v) is 19.3. The van der Waals surface area contributed by atoms with Gasteiger partial charge >= 0.3 is 5.97 Å². The van der Waals surface area contributed by atoms with Crippen LogP contribution in [0.2, 0.25) is 0 Å². The third-order valence-electron chi connectivity index (χ3n) is 6.16. The van der Waals surface area contributed by atoms with Gasteiger partial charge in [0.25, 0.3) is 5.91 Å². The van der Waals surface area contributed by atoms with Gasteiger partial charge in [0.05, 0.1) is 12.1 Å². The fraction of sp³-hybridized carbons (Fsp3) is 0.476. The molecule has 1 aliphatic carbocycles. The van der Waals surface area contributed by atoms with Crippen LogP contribution in [0.25, 0.3) is 0 Å². The number of aliphatic carboxylic acids is 1. The number of amides is 3. The second-order valence-corrected chi connectivity index (χ2v) is 10.6. The fourth-order valence-corrected chi connectivity index (χ4v) is 6.21. The van der Waals surface area contributed by atoms with Crippen molar-refractivity contribution >= 4 is 51.9 Å². The van der Waals surface area contributed by atoms with Crippen molar-refractivity contribution in [3.05, 3.63) is 34.0 Å². The summed E-state index contributed by atoms with van der Waals surface area (Å²) in [6.45, 7) is 1.41. The van der Waals surface area contributed by atoms with E-state index in [0.29, 0.717) is 46.6 Å². The molecule has 4 heterocycles. The molecule has 1 aromatic heterocycles. The van der Waals surface area contributed by atoms with Crippen molar-refractivity contribution in [2.75, 3.05) is 24.6 Å². The topological polar surface area (TPSA) is 146 Å². The van der Waals surface area contributed by atoms with Crippen LogP contribution in [0.3, 0.4) is 0 Å². The second kappa shape index (κ2) is 8.49. The summed E-state index contributed by atoms with van der Waals surface area (Å²) in [5, 5.41) is 14.1. The number of hydrogen-bond donors (Lipinski definition) is 3. The molecular formula is C21H23N5O5S2.